The highest BCUT2D eigenvalue weighted by Crippen LogP contribution is 2.57. The third-order valence-corrected chi connectivity index (χ3v) is 7.08. The summed E-state index contributed by atoms with van der Waals surface area (Å²) in [5, 5.41) is 3.75. The van der Waals surface area contributed by atoms with Gasteiger partial charge in [0.05, 0.1) is 0 Å². The lowest BCUT2D eigenvalue weighted by molar-refractivity contribution is 0.0246. The van der Waals surface area contributed by atoms with Crippen LogP contribution in [0.15, 0.2) is 18.2 Å². The van der Waals surface area contributed by atoms with Crippen molar-refractivity contribution in [2.24, 2.45) is 11.3 Å². The number of hydrogen-bond donors (Lipinski definition) is 1. The van der Waals surface area contributed by atoms with Crippen LogP contribution in [0.4, 0.5) is 0 Å². The second-order valence-electron chi connectivity index (χ2n) is 9.62. The smallest absolute Gasteiger partial charge is 0.00106 e. The van der Waals surface area contributed by atoms with E-state index in [1.54, 1.807) is 11.1 Å². The molecule has 1 saturated carbocycles. The fraction of sp³-hybridized carbons (Fsp3) is 0.739. The van der Waals surface area contributed by atoms with Crippen LogP contribution in [0.25, 0.3) is 0 Å². The van der Waals surface area contributed by atoms with Crippen molar-refractivity contribution in [3.8, 4) is 0 Å². The summed E-state index contributed by atoms with van der Waals surface area (Å²) >= 11 is 0. The van der Waals surface area contributed by atoms with Crippen LogP contribution in [0.5, 0.6) is 0 Å². The molecular formula is C23H37N. The quantitative estimate of drug-likeness (QED) is 0.735. The summed E-state index contributed by atoms with van der Waals surface area (Å²) in [6.07, 6.45) is 6.75. The summed E-state index contributed by atoms with van der Waals surface area (Å²) in [5.74, 6) is 1.44. The van der Waals surface area contributed by atoms with Crippen molar-refractivity contribution < 1.29 is 0 Å². The molecule has 0 heterocycles. The zero-order valence-electron chi connectivity index (χ0n) is 16.7. The van der Waals surface area contributed by atoms with Crippen molar-refractivity contribution in [3.63, 3.8) is 0 Å². The first kappa shape index (κ1) is 18.0. The molecule has 134 valence electrons. The highest BCUT2D eigenvalue weighted by atomic mass is 14.9. The van der Waals surface area contributed by atoms with Crippen molar-refractivity contribution in [2.75, 3.05) is 6.54 Å². The lowest BCUT2D eigenvalue weighted by atomic mass is 9.49. The third-order valence-electron chi connectivity index (χ3n) is 7.08. The normalized spacial score (nSPS) is 32.8. The van der Waals surface area contributed by atoms with Gasteiger partial charge in [0.1, 0.15) is 0 Å². The molecule has 1 heteroatoms. The van der Waals surface area contributed by atoms with Crippen LogP contribution in [-0.2, 0) is 11.8 Å². The number of fused-ring (bicyclic) bond motifs is 3. The standard InChI is InChI=1S/C23H37N/c1-16(2)18-8-10-20-19(14-18)9-11-21-22(5,15-24-17(3)4)12-7-13-23(20,21)6/h8,10,14,16-17,21,24H,7,9,11-13,15H2,1-6H3/t21-,22-,23+/m0/s1. The molecule has 2 aliphatic rings. The molecule has 0 radical (unpaired) electrons. The van der Waals surface area contributed by atoms with E-state index in [0.29, 0.717) is 22.8 Å². The molecular weight excluding hydrogens is 290 g/mol. The predicted molar refractivity (Wildman–Crippen MR) is 105 cm³/mol. The van der Waals surface area contributed by atoms with Crippen molar-refractivity contribution in [2.45, 2.75) is 91.0 Å². The second-order valence-corrected chi connectivity index (χ2v) is 9.62. The molecule has 1 aromatic carbocycles. The summed E-state index contributed by atoms with van der Waals surface area (Å²) in [6.45, 7) is 15.5. The Morgan fingerprint density at radius 1 is 1.12 bits per heavy atom. The molecule has 1 fully saturated rings. The van der Waals surface area contributed by atoms with E-state index in [9.17, 15) is 0 Å². The molecule has 1 N–H and O–H groups in total. The third kappa shape index (κ3) is 3.05. The Morgan fingerprint density at radius 3 is 2.54 bits per heavy atom. The Bertz CT molecular complexity index is 588. The monoisotopic (exact) mass is 327 g/mol. The fourth-order valence-electron chi connectivity index (χ4n) is 5.65. The van der Waals surface area contributed by atoms with Crippen LogP contribution in [0.3, 0.4) is 0 Å². The van der Waals surface area contributed by atoms with E-state index in [-0.39, 0.29) is 0 Å². The van der Waals surface area contributed by atoms with E-state index in [2.05, 4.69) is 65.1 Å². The molecule has 1 aromatic rings. The average Bonchev–Trinajstić information content (AvgIpc) is 2.52. The minimum atomic E-state index is 0.370. The molecule has 1 nitrogen and oxygen atoms in total. The number of rotatable bonds is 4. The average molecular weight is 328 g/mol. The van der Waals surface area contributed by atoms with E-state index in [0.717, 1.165) is 5.92 Å². The molecule has 3 rings (SSSR count). The zero-order chi connectivity index (χ0) is 17.5. The molecule has 0 saturated heterocycles. The van der Waals surface area contributed by atoms with Gasteiger partial charge in [-0.25, -0.2) is 0 Å². The Balaban J connectivity index is 1.94. The lowest BCUT2D eigenvalue weighted by Crippen LogP contribution is -2.53. The van der Waals surface area contributed by atoms with Gasteiger partial charge in [0.15, 0.2) is 0 Å². The molecule has 2 aliphatic carbocycles. The van der Waals surface area contributed by atoms with Crippen molar-refractivity contribution in [1.29, 1.82) is 0 Å². The SMILES string of the molecule is CC(C)NC[C@]1(C)CCC[C@]2(C)c3ccc(C(C)C)cc3CC[C@@H]12. The van der Waals surface area contributed by atoms with Crippen LogP contribution < -0.4 is 5.32 Å². The molecule has 24 heavy (non-hydrogen) atoms. The van der Waals surface area contributed by atoms with Crippen LogP contribution in [0.1, 0.15) is 89.8 Å². The number of nitrogens with one attached hydrogen (secondary N) is 1. The predicted octanol–water partition coefficient (Wildman–Crippen LogP) is 5.82. The van der Waals surface area contributed by atoms with Gasteiger partial charge in [-0.05, 0) is 65.0 Å². The van der Waals surface area contributed by atoms with Gasteiger partial charge in [-0.2, -0.15) is 0 Å². The number of benzene rings is 1. The van der Waals surface area contributed by atoms with E-state index in [1.165, 1.54) is 44.2 Å². The van der Waals surface area contributed by atoms with Crippen LogP contribution >= 0.6 is 0 Å². The van der Waals surface area contributed by atoms with Gasteiger partial charge in [-0.15, -0.1) is 0 Å². The maximum absolute atomic E-state index is 3.75. The van der Waals surface area contributed by atoms with Crippen molar-refractivity contribution in [1.82, 2.24) is 5.32 Å². The Kier molecular flexibility index (Phi) is 4.86. The zero-order valence-corrected chi connectivity index (χ0v) is 16.7. The van der Waals surface area contributed by atoms with Gasteiger partial charge in [-0.1, -0.05) is 66.2 Å². The first-order chi connectivity index (χ1) is 11.3. The van der Waals surface area contributed by atoms with Crippen molar-refractivity contribution >= 4 is 0 Å². The first-order valence-corrected chi connectivity index (χ1v) is 10.1. The summed E-state index contributed by atoms with van der Waals surface area (Å²) < 4.78 is 0. The second kappa shape index (κ2) is 6.48. The number of hydrogen-bond acceptors (Lipinski definition) is 1. The van der Waals surface area contributed by atoms with Crippen LogP contribution in [-0.4, -0.2) is 12.6 Å². The highest BCUT2D eigenvalue weighted by molar-refractivity contribution is 5.42. The highest BCUT2D eigenvalue weighted by Gasteiger charge is 2.51. The van der Waals surface area contributed by atoms with Gasteiger partial charge in [0.25, 0.3) is 0 Å². The minimum Gasteiger partial charge on any atom is -0.314 e. The topological polar surface area (TPSA) is 12.0 Å². The lowest BCUT2D eigenvalue weighted by Gasteiger charge is -2.56. The molecule has 0 aromatic heterocycles. The van der Waals surface area contributed by atoms with Crippen LogP contribution in [0, 0.1) is 11.3 Å². The number of aryl methyl sites for hydroxylation is 1. The minimum absolute atomic E-state index is 0.370. The van der Waals surface area contributed by atoms with E-state index >= 15 is 0 Å². The summed E-state index contributed by atoms with van der Waals surface area (Å²) in [4.78, 5) is 0. The Morgan fingerprint density at radius 2 is 1.88 bits per heavy atom. The van der Waals surface area contributed by atoms with Gasteiger partial charge >= 0.3 is 0 Å². The summed E-state index contributed by atoms with van der Waals surface area (Å²) in [6, 6.07) is 7.98. The Hall–Kier alpha value is -0.820. The molecule has 0 spiro atoms. The largest absolute Gasteiger partial charge is 0.314 e. The molecule has 0 unspecified atom stereocenters. The molecule has 0 aliphatic heterocycles. The first-order valence-electron chi connectivity index (χ1n) is 10.1. The van der Waals surface area contributed by atoms with Gasteiger partial charge < -0.3 is 5.32 Å². The van der Waals surface area contributed by atoms with Crippen LogP contribution in [0.2, 0.25) is 0 Å². The van der Waals surface area contributed by atoms with E-state index in [1.807, 2.05) is 0 Å². The molecule has 0 amide bonds. The van der Waals surface area contributed by atoms with E-state index in [4.69, 9.17) is 0 Å². The van der Waals surface area contributed by atoms with Crippen molar-refractivity contribution in [3.05, 3.63) is 34.9 Å². The summed E-state index contributed by atoms with van der Waals surface area (Å²) in [5.41, 5.74) is 5.62. The maximum Gasteiger partial charge on any atom is 0.00106 e. The van der Waals surface area contributed by atoms with Gasteiger partial charge in [-0.3, -0.25) is 0 Å². The van der Waals surface area contributed by atoms with E-state index < -0.39 is 0 Å². The molecule has 0 bridgehead atoms. The van der Waals surface area contributed by atoms with Gasteiger partial charge in [0, 0.05) is 12.6 Å². The summed E-state index contributed by atoms with van der Waals surface area (Å²) in [7, 11) is 0. The maximum atomic E-state index is 3.75. The Labute approximate surface area is 149 Å². The fourth-order valence-corrected chi connectivity index (χ4v) is 5.65. The molecule has 3 atom stereocenters. The van der Waals surface area contributed by atoms with Gasteiger partial charge in [0.2, 0.25) is 0 Å².